The van der Waals surface area contributed by atoms with Crippen LogP contribution < -0.4 is 0 Å². The van der Waals surface area contributed by atoms with Gasteiger partial charge in [-0.2, -0.15) is 0 Å². The van der Waals surface area contributed by atoms with E-state index in [4.69, 9.17) is 28.4 Å². The molecule has 12 heteroatoms. The fourth-order valence-electron chi connectivity index (χ4n) is 9.22. The summed E-state index contributed by atoms with van der Waals surface area (Å²) in [6, 6.07) is 0. The predicted octanol–water partition coefficient (Wildman–Crippen LogP) is 0.472. The highest BCUT2D eigenvalue weighted by Crippen LogP contribution is 2.75. The molecule has 8 rings (SSSR count). The molecule has 3 N–H and O–H groups in total. The van der Waals surface area contributed by atoms with Crippen LogP contribution in [0.2, 0.25) is 0 Å². The van der Waals surface area contributed by atoms with Crippen LogP contribution in [0, 0.1) is 17.3 Å². The molecule has 0 aromatic heterocycles. The normalized spacial score (nSPS) is 48.3. The molecule has 5 heterocycles. The van der Waals surface area contributed by atoms with E-state index in [0.29, 0.717) is 37.7 Å². The Morgan fingerprint density at radius 1 is 1.12 bits per heavy atom. The maximum atomic E-state index is 13.3. The van der Waals surface area contributed by atoms with Gasteiger partial charge in [0, 0.05) is 36.4 Å². The van der Waals surface area contributed by atoms with Gasteiger partial charge in [-0.15, -0.1) is 0 Å². The molecule has 1 spiro atoms. The number of hydrogen-bond donors (Lipinski definition) is 3. The zero-order chi connectivity index (χ0) is 29.8. The van der Waals surface area contributed by atoms with E-state index in [2.05, 4.69) is 6.92 Å². The third kappa shape index (κ3) is 3.65. The predicted molar refractivity (Wildman–Crippen MR) is 139 cm³/mol. The zero-order valence-electron chi connectivity index (χ0n) is 24.2. The quantitative estimate of drug-likeness (QED) is 0.212. The van der Waals surface area contributed by atoms with Crippen molar-refractivity contribution in [3.63, 3.8) is 0 Å². The number of carbonyl (C=O) groups is 3. The highest BCUT2D eigenvalue weighted by atomic mass is 16.7. The number of ether oxygens (including phenoxy) is 6. The van der Waals surface area contributed by atoms with Crippen LogP contribution in [-0.4, -0.2) is 106 Å². The summed E-state index contributed by atoms with van der Waals surface area (Å²) in [5.41, 5.74) is -2.37. The Labute approximate surface area is 243 Å². The first-order valence-electron chi connectivity index (χ1n) is 15.2. The standard InChI is InChI=1S/C30H40O12/c1-14(2)30-20(42-30)11-29(36)27(3)8-6-15-16(12-39-25(15)35)23(27)18-10-28(29,41-18)26(30)40-22(33)5-4-21(32)38-13-19-24(34)17(31)7-9-37-19/h14,17-20,23-24,26,31,34,36H,4-13H2,1-3H3/t17-,18?,19-,20+,23?,24+,26+,27+,28-,29-,30+/m1/s1. The molecule has 0 radical (unpaired) electrons. The molecule has 4 saturated heterocycles. The molecule has 3 aliphatic carbocycles. The van der Waals surface area contributed by atoms with Crippen molar-refractivity contribution >= 4 is 17.9 Å². The molecule has 42 heavy (non-hydrogen) atoms. The number of rotatable bonds is 7. The first-order valence-corrected chi connectivity index (χ1v) is 15.2. The lowest BCUT2D eigenvalue weighted by atomic mass is 9.40. The second-order valence-corrected chi connectivity index (χ2v) is 13.7. The van der Waals surface area contributed by atoms with Gasteiger partial charge >= 0.3 is 17.9 Å². The van der Waals surface area contributed by atoms with Gasteiger partial charge in [-0.05, 0) is 30.8 Å². The van der Waals surface area contributed by atoms with Crippen molar-refractivity contribution in [2.75, 3.05) is 19.8 Å². The SMILES string of the molecule is CC(C)[C@]12O[C@H]1C[C@@]1(O)[C@@]3(C)CCC4=C(COC4=O)C3C3C[C@@]1(O3)[C@@H]2OC(=O)CCC(=O)OC[C@H]1OCC[C@@H](O)[C@@H]1O. The van der Waals surface area contributed by atoms with Gasteiger partial charge in [-0.25, -0.2) is 4.79 Å². The van der Waals surface area contributed by atoms with E-state index in [9.17, 15) is 29.7 Å². The van der Waals surface area contributed by atoms with E-state index in [1.165, 1.54) is 0 Å². The molecule has 0 amide bonds. The van der Waals surface area contributed by atoms with Gasteiger partial charge < -0.3 is 43.7 Å². The summed E-state index contributed by atoms with van der Waals surface area (Å²) in [7, 11) is 0. The lowest BCUT2D eigenvalue weighted by Crippen LogP contribution is -2.87. The van der Waals surface area contributed by atoms with Crippen LogP contribution in [0.3, 0.4) is 0 Å². The van der Waals surface area contributed by atoms with Crippen LogP contribution >= 0.6 is 0 Å². The van der Waals surface area contributed by atoms with Crippen molar-refractivity contribution in [3.05, 3.63) is 11.1 Å². The summed E-state index contributed by atoms with van der Waals surface area (Å²) in [5, 5.41) is 32.5. The number of fused-ring (bicyclic) bond motifs is 1. The Kier molecular flexibility index (Phi) is 6.45. The highest BCUT2D eigenvalue weighted by molar-refractivity contribution is 5.92. The molecule has 2 saturated carbocycles. The maximum absolute atomic E-state index is 13.3. The first kappa shape index (κ1) is 28.7. The van der Waals surface area contributed by atoms with Gasteiger partial charge in [-0.3, -0.25) is 9.59 Å². The van der Waals surface area contributed by atoms with Gasteiger partial charge in [0.15, 0.2) is 6.10 Å². The molecule has 6 fully saturated rings. The van der Waals surface area contributed by atoms with E-state index >= 15 is 0 Å². The van der Waals surface area contributed by atoms with Gasteiger partial charge in [-0.1, -0.05) is 20.8 Å². The Hall–Kier alpha value is -2.09. The Bertz CT molecular complexity index is 1220. The van der Waals surface area contributed by atoms with Gasteiger partial charge in [0.25, 0.3) is 0 Å². The molecule has 5 aliphatic heterocycles. The molecule has 2 unspecified atom stereocenters. The van der Waals surface area contributed by atoms with Crippen LogP contribution in [0.15, 0.2) is 11.1 Å². The van der Waals surface area contributed by atoms with Crippen LogP contribution in [0.1, 0.15) is 65.7 Å². The van der Waals surface area contributed by atoms with Crippen LogP contribution in [0.25, 0.3) is 0 Å². The van der Waals surface area contributed by atoms with Crippen molar-refractivity contribution in [3.8, 4) is 0 Å². The average Bonchev–Trinajstić information content (AvgIpc) is 3.53. The van der Waals surface area contributed by atoms with Gasteiger partial charge in [0.05, 0.1) is 31.2 Å². The largest absolute Gasteiger partial charge is 0.463 e. The summed E-state index contributed by atoms with van der Waals surface area (Å²) >= 11 is 0. The number of carbonyl (C=O) groups excluding carboxylic acids is 3. The summed E-state index contributed by atoms with van der Waals surface area (Å²) in [6.45, 7) is 6.28. The number of epoxide rings is 1. The van der Waals surface area contributed by atoms with E-state index < -0.39 is 58.6 Å². The molecule has 12 nitrogen and oxygen atoms in total. The Morgan fingerprint density at radius 2 is 1.86 bits per heavy atom. The fraction of sp³-hybridized carbons (Fsp3) is 0.833. The van der Waals surface area contributed by atoms with Crippen LogP contribution in [0.4, 0.5) is 0 Å². The molecule has 0 aromatic carbocycles. The lowest BCUT2D eigenvalue weighted by molar-refractivity contribution is -0.419. The third-order valence-electron chi connectivity index (χ3n) is 11.6. The number of hydrogen-bond acceptors (Lipinski definition) is 12. The van der Waals surface area contributed by atoms with Gasteiger partial charge in [0.2, 0.25) is 0 Å². The Balaban J connectivity index is 1.07. The van der Waals surface area contributed by atoms with Crippen molar-refractivity contribution in [1.29, 1.82) is 0 Å². The highest BCUT2D eigenvalue weighted by Gasteiger charge is 2.88. The average molecular weight is 593 g/mol. The van der Waals surface area contributed by atoms with Crippen molar-refractivity contribution in [2.45, 2.75) is 119 Å². The summed E-state index contributed by atoms with van der Waals surface area (Å²) in [5.74, 6) is -1.78. The van der Waals surface area contributed by atoms with Crippen molar-refractivity contribution < 1.29 is 58.1 Å². The summed E-state index contributed by atoms with van der Waals surface area (Å²) in [6.07, 6.45) is -2.71. The van der Waals surface area contributed by atoms with Crippen molar-refractivity contribution in [1.82, 2.24) is 0 Å². The minimum Gasteiger partial charge on any atom is -0.463 e. The molecule has 11 atom stereocenters. The minimum atomic E-state index is -1.38. The molecule has 232 valence electrons. The number of aliphatic hydroxyl groups excluding tert-OH is 2. The zero-order valence-corrected chi connectivity index (χ0v) is 24.2. The van der Waals surface area contributed by atoms with Crippen LogP contribution in [0.5, 0.6) is 0 Å². The Morgan fingerprint density at radius 3 is 2.60 bits per heavy atom. The topological polar surface area (TPSA) is 171 Å². The monoisotopic (exact) mass is 592 g/mol. The lowest BCUT2D eigenvalue weighted by Gasteiger charge is -2.74. The van der Waals surface area contributed by atoms with Crippen molar-refractivity contribution in [2.24, 2.45) is 17.3 Å². The maximum Gasteiger partial charge on any atom is 0.334 e. The number of aliphatic hydroxyl groups is 3. The minimum absolute atomic E-state index is 0.0313. The third-order valence-corrected chi connectivity index (χ3v) is 11.6. The van der Waals surface area contributed by atoms with E-state index in [1.54, 1.807) is 0 Å². The second-order valence-electron chi connectivity index (χ2n) is 13.7. The first-order chi connectivity index (χ1) is 19.9. The van der Waals surface area contributed by atoms with E-state index in [-0.39, 0.29) is 62.7 Å². The summed E-state index contributed by atoms with van der Waals surface area (Å²) in [4.78, 5) is 38.0. The molecule has 8 aliphatic rings. The molecule has 0 aromatic rings. The number of esters is 3. The van der Waals surface area contributed by atoms with Gasteiger partial charge in [0.1, 0.15) is 42.2 Å². The second kappa shape index (κ2) is 9.45. The van der Waals surface area contributed by atoms with E-state index in [0.717, 1.165) is 5.57 Å². The molecule has 2 bridgehead atoms. The number of cyclic esters (lactones) is 1. The van der Waals surface area contributed by atoms with Crippen LogP contribution in [-0.2, 0) is 42.8 Å². The smallest absolute Gasteiger partial charge is 0.334 e. The molecular formula is C30H40O12. The molecular weight excluding hydrogens is 552 g/mol. The van der Waals surface area contributed by atoms with E-state index in [1.807, 2.05) is 13.8 Å². The fourth-order valence-corrected chi connectivity index (χ4v) is 9.22. The summed E-state index contributed by atoms with van der Waals surface area (Å²) < 4.78 is 35.0.